The van der Waals surface area contributed by atoms with E-state index in [-0.39, 0.29) is 23.6 Å². The van der Waals surface area contributed by atoms with Gasteiger partial charge >= 0.3 is 24.1 Å². The summed E-state index contributed by atoms with van der Waals surface area (Å²) in [6, 6.07) is 28.3. The maximum absolute atomic E-state index is 13.3. The SMILES string of the molecule is CNC(=O)c1ccc[n+](C2OC(COC(=O)c3ccccc3)C(OC(=O)c3ccccc3)C2OC(=O)c2ccccc2)c1. The molecule has 1 aliphatic heterocycles. The van der Waals surface area contributed by atoms with E-state index in [1.807, 2.05) is 0 Å². The first-order valence-corrected chi connectivity index (χ1v) is 13.6. The summed E-state index contributed by atoms with van der Waals surface area (Å²) in [4.78, 5) is 51.7. The molecule has 4 atom stereocenters. The minimum absolute atomic E-state index is 0.272. The lowest BCUT2D eigenvalue weighted by molar-refractivity contribution is -0.765. The Morgan fingerprint density at radius 1 is 0.674 bits per heavy atom. The van der Waals surface area contributed by atoms with Crippen molar-refractivity contribution in [3.05, 3.63) is 138 Å². The fraction of sp³-hybridized carbons (Fsp3) is 0.182. The lowest BCUT2D eigenvalue weighted by Crippen LogP contribution is -2.49. The molecule has 0 aliphatic carbocycles. The Kier molecular flexibility index (Phi) is 9.18. The number of carbonyl (C=O) groups excluding carboxylic acids is 4. The fourth-order valence-electron chi connectivity index (χ4n) is 4.63. The Morgan fingerprint density at radius 3 is 1.70 bits per heavy atom. The summed E-state index contributed by atoms with van der Waals surface area (Å²) in [5.74, 6) is -2.30. The van der Waals surface area contributed by atoms with Crippen molar-refractivity contribution >= 4 is 23.8 Å². The molecule has 4 unspecified atom stereocenters. The van der Waals surface area contributed by atoms with Crippen LogP contribution >= 0.6 is 0 Å². The molecule has 10 nitrogen and oxygen atoms in total. The number of esters is 3. The van der Waals surface area contributed by atoms with E-state index < -0.39 is 42.4 Å². The molecule has 1 aromatic heterocycles. The number of rotatable bonds is 9. The van der Waals surface area contributed by atoms with Gasteiger partial charge in [-0.05, 0) is 42.5 Å². The Bertz CT molecular complexity index is 1580. The van der Waals surface area contributed by atoms with Gasteiger partial charge in [0.25, 0.3) is 5.91 Å². The molecule has 0 bridgehead atoms. The number of pyridine rings is 1. The summed E-state index contributed by atoms with van der Waals surface area (Å²) in [5.41, 5.74) is 1.19. The van der Waals surface area contributed by atoms with Gasteiger partial charge in [0.1, 0.15) is 18.3 Å². The van der Waals surface area contributed by atoms with Crippen LogP contribution in [0.15, 0.2) is 116 Å². The van der Waals surface area contributed by atoms with E-state index in [9.17, 15) is 19.2 Å². The van der Waals surface area contributed by atoms with Gasteiger partial charge in [0.2, 0.25) is 6.10 Å². The van der Waals surface area contributed by atoms with Gasteiger partial charge in [-0.3, -0.25) is 4.79 Å². The summed E-state index contributed by atoms with van der Waals surface area (Å²) in [6.45, 7) is -0.313. The van der Waals surface area contributed by atoms with Crippen LogP contribution in [-0.2, 0) is 18.9 Å². The molecule has 0 saturated carbocycles. The van der Waals surface area contributed by atoms with Gasteiger partial charge in [0, 0.05) is 13.1 Å². The maximum Gasteiger partial charge on any atom is 0.338 e. The lowest BCUT2D eigenvalue weighted by atomic mass is 10.1. The minimum atomic E-state index is -1.19. The van der Waals surface area contributed by atoms with Gasteiger partial charge in [-0.2, -0.15) is 4.57 Å². The minimum Gasteiger partial charge on any atom is -0.459 e. The number of hydrogen-bond acceptors (Lipinski definition) is 8. The lowest BCUT2D eigenvalue weighted by Gasteiger charge is -2.23. The van der Waals surface area contributed by atoms with Crippen LogP contribution in [0.2, 0.25) is 0 Å². The molecular formula is C33H29N2O8+. The number of nitrogens with one attached hydrogen (secondary N) is 1. The van der Waals surface area contributed by atoms with E-state index in [0.717, 1.165) is 0 Å². The molecule has 3 aromatic carbocycles. The van der Waals surface area contributed by atoms with Crippen LogP contribution in [0.4, 0.5) is 0 Å². The van der Waals surface area contributed by atoms with Crippen LogP contribution in [0.25, 0.3) is 0 Å². The van der Waals surface area contributed by atoms with Crippen LogP contribution in [0.1, 0.15) is 47.7 Å². The molecule has 1 aliphatic rings. The Hall–Kier alpha value is -5.35. The average molecular weight is 582 g/mol. The predicted molar refractivity (Wildman–Crippen MR) is 152 cm³/mol. The number of nitrogens with zero attached hydrogens (tertiary/aromatic N) is 1. The largest absolute Gasteiger partial charge is 0.459 e. The highest BCUT2D eigenvalue weighted by Gasteiger charge is 2.55. The maximum atomic E-state index is 13.3. The third-order valence-corrected chi connectivity index (χ3v) is 6.78. The average Bonchev–Trinajstić information content (AvgIpc) is 3.40. The highest BCUT2D eigenvalue weighted by Crippen LogP contribution is 2.32. The second-order valence-electron chi connectivity index (χ2n) is 9.62. The quantitative estimate of drug-likeness (QED) is 0.181. The standard InChI is InChI=1S/C33H28N2O8/c1-34-29(36)25-18-11-19-35(20-25)30-28(43-33(39)24-16-9-4-10-17-24)27(42-32(38)23-14-7-3-8-15-23)26(41-30)21-40-31(37)22-12-5-2-6-13-22/h2-20,26-28,30H,21H2,1H3/p+1. The second kappa shape index (κ2) is 13.5. The number of hydrogen-bond donors (Lipinski definition) is 1. The van der Waals surface area contributed by atoms with Gasteiger partial charge in [-0.15, -0.1) is 0 Å². The summed E-state index contributed by atoms with van der Waals surface area (Å²) in [5, 5.41) is 2.57. The first kappa shape index (κ1) is 29.2. The molecule has 4 aromatic rings. The van der Waals surface area contributed by atoms with Crippen molar-refractivity contribution in [2.24, 2.45) is 0 Å². The Balaban J connectivity index is 1.50. The number of amides is 1. The highest BCUT2D eigenvalue weighted by atomic mass is 16.7. The molecule has 43 heavy (non-hydrogen) atoms. The molecule has 5 rings (SSSR count). The molecule has 1 saturated heterocycles. The number of aromatic nitrogens is 1. The molecule has 0 spiro atoms. The fourth-order valence-corrected chi connectivity index (χ4v) is 4.63. The van der Waals surface area contributed by atoms with Gasteiger partial charge < -0.3 is 24.3 Å². The molecule has 1 amide bonds. The summed E-state index contributed by atoms with van der Waals surface area (Å²) >= 11 is 0. The van der Waals surface area contributed by atoms with E-state index in [2.05, 4.69) is 5.32 Å². The van der Waals surface area contributed by atoms with Crippen molar-refractivity contribution in [2.75, 3.05) is 13.7 Å². The van der Waals surface area contributed by atoms with Crippen LogP contribution in [0.5, 0.6) is 0 Å². The predicted octanol–water partition coefficient (Wildman–Crippen LogP) is 3.54. The van der Waals surface area contributed by atoms with Crippen molar-refractivity contribution in [2.45, 2.75) is 24.5 Å². The monoisotopic (exact) mass is 581 g/mol. The van der Waals surface area contributed by atoms with E-state index in [4.69, 9.17) is 18.9 Å². The van der Waals surface area contributed by atoms with Gasteiger partial charge in [-0.25, -0.2) is 14.4 Å². The van der Waals surface area contributed by atoms with E-state index in [1.165, 1.54) is 13.2 Å². The van der Waals surface area contributed by atoms with Gasteiger partial charge in [0.05, 0.1) is 16.7 Å². The van der Waals surface area contributed by atoms with E-state index in [1.54, 1.807) is 114 Å². The van der Waals surface area contributed by atoms with Crippen LogP contribution in [0, 0.1) is 0 Å². The Morgan fingerprint density at radius 2 is 1.16 bits per heavy atom. The van der Waals surface area contributed by atoms with E-state index in [0.29, 0.717) is 11.1 Å². The highest BCUT2D eigenvalue weighted by molar-refractivity contribution is 5.93. The third-order valence-electron chi connectivity index (χ3n) is 6.78. The second-order valence-corrected chi connectivity index (χ2v) is 9.62. The summed E-state index contributed by atoms with van der Waals surface area (Å²) in [6.07, 6.45) is -1.30. The van der Waals surface area contributed by atoms with Crippen LogP contribution in [0.3, 0.4) is 0 Å². The van der Waals surface area contributed by atoms with Gasteiger partial charge in [-0.1, -0.05) is 54.6 Å². The van der Waals surface area contributed by atoms with Crippen molar-refractivity contribution in [1.82, 2.24) is 5.32 Å². The third kappa shape index (κ3) is 6.94. The number of benzene rings is 3. The number of ether oxygens (including phenoxy) is 4. The van der Waals surface area contributed by atoms with Crippen LogP contribution < -0.4 is 9.88 Å². The molecule has 2 heterocycles. The zero-order valence-corrected chi connectivity index (χ0v) is 23.2. The zero-order chi connectivity index (χ0) is 30.2. The van der Waals surface area contributed by atoms with Crippen molar-refractivity contribution < 1.29 is 42.7 Å². The van der Waals surface area contributed by atoms with Crippen molar-refractivity contribution in [3.8, 4) is 0 Å². The zero-order valence-electron chi connectivity index (χ0n) is 23.2. The summed E-state index contributed by atoms with van der Waals surface area (Å²) in [7, 11) is 1.51. The topological polar surface area (TPSA) is 121 Å². The molecule has 0 radical (unpaired) electrons. The summed E-state index contributed by atoms with van der Waals surface area (Å²) < 4.78 is 25.3. The van der Waals surface area contributed by atoms with Crippen molar-refractivity contribution in [3.63, 3.8) is 0 Å². The molecule has 10 heteroatoms. The normalized spacial score (nSPS) is 19.2. The number of carbonyl (C=O) groups is 4. The van der Waals surface area contributed by atoms with Crippen LogP contribution in [-0.4, -0.2) is 55.8 Å². The first-order chi connectivity index (χ1) is 20.9. The first-order valence-electron chi connectivity index (χ1n) is 13.6. The molecule has 218 valence electrons. The smallest absolute Gasteiger partial charge is 0.338 e. The molecule has 1 fully saturated rings. The molecule has 1 N–H and O–H groups in total. The van der Waals surface area contributed by atoms with E-state index >= 15 is 0 Å². The Labute approximate surface area is 247 Å². The van der Waals surface area contributed by atoms with Crippen molar-refractivity contribution in [1.29, 1.82) is 0 Å². The van der Waals surface area contributed by atoms with Gasteiger partial charge in [0.15, 0.2) is 18.5 Å². The molecular weight excluding hydrogens is 552 g/mol.